The fourth-order valence-corrected chi connectivity index (χ4v) is 2.71. The summed E-state index contributed by atoms with van der Waals surface area (Å²) >= 11 is 1.60. The van der Waals surface area contributed by atoms with Crippen LogP contribution in [-0.4, -0.2) is 30.7 Å². The zero-order valence-corrected chi connectivity index (χ0v) is 14.8. The molecule has 1 N–H and O–H groups in total. The van der Waals surface area contributed by atoms with Crippen LogP contribution in [0, 0.1) is 18.8 Å². The standard InChI is InChI=1S/C20H22O3S/c1-16-5-11-20(12-6-16)24-15-18(21)4-3-13-23-14-17-7-9-19(22-2)10-8-17/h5-12,18,21H,13-15H2,1-2H3/t18-/m0/s1. The zero-order valence-electron chi connectivity index (χ0n) is 14.0. The predicted molar refractivity (Wildman–Crippen MR) is 98.3 cm³/mol. The molecule has 3 nitrogen and oxygen atoms in total. The Morgan fingerprint density at radius 1 is 1.08 bits per heavy atom. The van der Waals surface area contributed by atoms with Crippen LogP contribution in [0.15, 0.2) is 53.4 Å². The molecule has 0 saturated carbocycles. The summed E-state index contributed by atoms with van der Waals surface area (Å²) in [5.74, 6) is 7.05. The molecule has 126 valence electrons. The Kier molecular flexibility index (Phi) is 7.70. The molecule has 0 amide bonds. The molecule has 0 fully saturated rings. The third kappa shape index (κ3) is 6.67. The maximum Gasteiger partial charge on any atom is 0.124 e. The minimum atomic E-state index is -0.652. The van der Waals surface area contributed by atoms with E-state index in [-0.39, 0.29) is 0 Å². The smallest absolute Gasteiger partial charge is 0.124 e. The molecule has 2 aromatic carbocycles. The number of aliphatic hydroxyl groups excluding tert-OH is 1. The van der Waals surface area contributed by atoms with Crippen molar-refractivity contribution in [2.75, 3.05) is 19.5 Å². The molecule has 0 bridgehead atoms. The lowest BCUT2D eigenvalue weighted by atomic mass is 10.2. The fourth-order valence-electron chi connectivity index (χ4n) is 1.95. The van der Waals surface area contributed by atoms with E-state index in [1.807, 2.05) is 24.3 Å². The van der Waals surface area contributed by atoms with E-state index in [4.69, 9.17) is 9.47 Å². The number of hydrogen-bond acceptors (Lipinski definition) is 4. The molecule has 2 rings (SSSR count). The topological polar surface area (TPSA) is 38.7 Å². The first-order valence-electron chi connectivity index (χ1n) is 7.74. The Balaban J connectivity index is 1.65. The number of aryl methyl sites for hydroxylation is 1. The summed E-state index contributed by atoms with van der Waals surface area (Å²) in [6.45, 7) is 2.85. The average molecular weight is 342 g/mol. The van der Waals surface area contributed by atoms with E-state index in [1.54, 1.807) is 18.9 Å². The van der Waals surface area contributed by atoms with Gasteiger partial charge in [-0.1, -0.05) is 41.7 Å². The van der Waals surface area contributed by atoms with Gasteiger partial charge in [0.2, 0.25) is 0 Å². The molecule has 0 heterocycles. The van der Waals surface area contributed by atoms with E-state index in [2.05, 4.69) is 43.0 Å². The van der Waals surface area contributed by atoms with E-state index in [0.29, 0.717) is 19.0 Å². The van der Waals surface area contributed by atoms with E-state index in [9.17, 15) is 5.11 Å². The van der Waals surface area contributed by atoms with Crippen molar-refractivity contribution in [1.82, 2.24) is 0 Å². The zero-order chi connectivity index (χ0) is 17.2. The van der Waals surface area contributed by atoms with Gasteiger partial charge in [-0.15, -0.1) is 11.8 Å². The van der Waals surface area contributed by atoms with Gasteiger partial charge in [-0.2, -0.15) is 0 Å². The normalized spacial score (nSPS) is 11.5. The summed E-state index contributed by atoms with van der Waals surface area (Å²) in [6, 6.07) is 15.9. The molecule has 0 aromatic heterocycles. The second kappa shape index (κ2) is 10.0. The molecule has 0 radical (unpaired) electrons. The third-order valence-corrected chi connectivity index (χ3v) is 4.39. The summed E-state index contributed by atoms with van der Waals surface area (Å²) in [5.41, 5.74) is 2.29. The number of benzene rings is 2. The van der Waals surface area contributed by atoms with Gasteiger partial charge in [-0.3, -0.25) is 0 Å². The van der Waals surface area contributed by atoms with Gasteiger partial charge in [0.1, 0.15) is 18.5 Å². The van der Waals surface area contributed by atoms with Gasteiger partial charge < -0.3 is 14.6 Å². The summed E-state index contributed by atoms with van der Waals surface area (Å²) in [4.78, 5) is 1.14. The quantitative estimate of drug-likeness (QED) is 0.473. The molecule has 0 spiro atoms. The second-order valence-electron chi connectivity index (χ2n) is 5.30. The molecular formula is C20H22O3S. The highest BCUT2D eigenvalue weighted by molar-refractivity contribution is 7.99. The van der Waals surface area contributed by atoms with Crippen LogP contribution in [0.4, 0.5) is 0 Å². The highest BCUT2D eigenvalue weighted by atomic mass is 32.2. The van der Waals surface area contributed by atoms with Crippen LogP contribution in [0.5, 0.6) is 5.75 Å². The van der Waals surface area contributed by atoms with Gasteiger partial charge in [0, 0.05) is 10.6 Å². The van der Waals surface area contributed by atoms with E-state index < -0.39 is 6.10 Å². The van der Waals surface area contributed by atoms with Crippen molar-refractivity contribution >= 4 is 11.8 Å². The van der Waals surface area contributed by atoms with Crippen molar-refractivity contribution in [2.45, 2.75) is 24.5 Å². The van der Waals surface area contributed by atoms with Crippen LogP contribution in [-0.2, 0) is 11.3 Å². The number of methoxy groups -OCH3 is 1. The van der Waals surface area contributed by atoms with Crippen molar-refractivity contribution < 1.29 is 14.6 Å². The molecule has 0 aliphatic rings. The Labute approximate surface area is 148 Å². The molecule has 2 aromatic rings. The molecular weight excluding hydrogens is 320 g/mol. The Morgan fingerprint density at radius 3 is 2.46 bits per heavy atom. The molecule has 24 heavy (non-hydrogen) atoms. The summed E-state index contributed by atoms with van der Waals surface area (Å²) < 4.78 is 10.6. The van der Waals surface area contributed by atoms with Gasteiger partial charge in [0.25, 0.3) is 0 Å². The molecule has 4 heteroatoms. The lowest BCUT2D eigenvalue weighted by Crippen LogP contribution is -2.06. The second-order valence-corrected chi connectivity index (χ2v) is 6.40. The minimum Gasteiger partial charge on any atom is -0.497 e. The van der Waals surface area contributed by atoms with Crippen LogP contribution >= 0.6 is 11.8 Å². The van der Waals surface area contributed by atoms with Gasteiger partial charge in [-0.25, -0.2) is 0 Å². The first kappa shape index (κ1) is 18.4. The Bertz CT molecular complexity index is 669. The number of rotatable bonds is 7. The van der Waals surface area contributed by atoms with Gasteiger partial charge in [0.05, 0.1) is 13.7 Å². The summed E-state index contributed by atoms with van der Waals surface area (Å²) in [7, 11) is 1.64. The Morgan fingerprint density at radius 2 is 1.79 bits per heavy atom. The summed E-state index contributed by atoms with van der Waals surface area (Å²) in [5, 5.41) is 9.88. The van der Waals surface area contributed by atoms with Crippen molar-refractivity contribution in [1.29, 1.82) is 0 Å². The largest absolute Gasteiger partial charge is 0.497 e. The molecule has 0 aliphatic carbocycles. The monoisotopic (exact) mass is 342 g/mol. The third-order valence-electron chi connectivity index (χ3n) is 3.30. The molecule has 0 aliphatic heterocycles. The van der Waals surface area contributed by atoms with Gasteiger partial charge in [-0.05, 0) is 36.8 Å². The first-order valence-corrected chi connectivity index (χ1v) is 8.72. The van der Waals surface area contributed by atoms with Gasteiger partial charge >= 0.3 is 0 Å². The van der Waals surface area contributed by atoms with Crippen LogP contribution in [0.1, 0.15) is 11.1 Å². The van der Waals surface area contributed by atoms with Gasteiger partial charge in [0.15, 0.2) is 0 Å². The number of aliphatic hydroxyl groups is 1. The van der Waals surface area contributed by atoms with Crippen molar-refractivity contribution in [3.63, 3.8) is 0 Å². The molecule has 1 atom stereocenters. The Hall–Kier alpha value is -1.93. The van der Waals surface area contributed by atoms with Crippen LogP contribution < -0.4 is 4.74 Å². The highest BCUT2D eigenvalue weighted by Crippen LogP contribution is 2.18. The highest BCUT2D eigenvalue weighted by Gasteiger charge is 2.01. The van der Waals surface area contributed by atoms with E-state index in [0.717, 1.165) is 16.2 Å². The number of ether oxygens (including phenoxy) is 2. The van der Waals surface area contributed by atoms with Crippen molar-refractivity contribution in [2.24, 2.45) is 0 Å². The molecule has 0 saturated heterocycles. The fraction of sp³-hybridized carbons (Fsp3) is 0.300. The van der Waals surface area contributed by atoms with E-state index in [1.165, 1.54) is 5.56 Å². The maximum absolute atomic E-state index is 9.88. The first-order chi connectivity index (χ1) is 11.7. The van der Waals surface area contributed by atoms with Crippen molar-refractivity contribution in [3.05, 3.63) is 59.7 Å². The van der Waals surface area contributed by atoms with E-state index >= 15 is 0 Å². The number of hydrogen-bond donors (Lipinski definition) is 1. The SMILES string of the molecule is COc1ccc(COCC#C[C@H](O)CSc2ccc(C)cc2)cc1. The maximum atomic E-state index is 9.88. The van der Waals surface area contributed by atoms with Crippen molar-refractivity contribution in [3.8, 4) is 17.6 Å². The summed E-state index contributed by atoms with van der Waals surface area (Å²) in [6.07, 6.45) is -0.652. The lowest BCUT2D eigenvalue weighted by Gasteiger charge is -2.04. The van der Waals surface area contributed by atoms with Crippen LogP contribution in [0.25, 0.3) is 0 Å². The van der Waals surface area contributed by atoms with Crippen LogP contribution in [0.2, 0.25) is 0 Å². The van der Waals surface area contributed by atoms with Crippen LogP contribution in [0.3, 0.4) is 0 Å². The lowest BCUT2D eigenvalue weighted by molar-refractivity contribution is 0.153. The average Bonchev–Trinajstić information content (AvgIpc) is 2.61. The minimum absolute atomic E-state index is 0.304. The molecule has 0 unspecified atom stereocenters. The number of thioether (sulfide) groups is 1. The predicted octanol–water partition coefficient (Wildman–Crippen LogP) is 3.68.